The van der Waals surface area contributed by atoms with Crippen LogP contribution in [0.2, 0.25) is 0 Å². The first-order valence-corrected chi connectivity index (χ1v) is 20.3. The Morgan fingerprint density at radius 1 is 0.822 bits per heavy atom. The number of fused-ring (bicyclic) bond motifs is 5. The lowest BCUT2D eigenvalue weighted by Gasteiger charge is -2.61. The first-order valence-electron chi connectivity index (χ1n) is 19.0. The largest absolute Gasteiger partial charge is 0.397 e. The van der Waals surface area contributed by atoms with Gasteiger partial charge in [-0.15, -0.1) is 0 Å². The van der Waals surface area contributed by atoms with Crippen molar-refractivity contribution in [3.8, 4) is 0 Å². The van der Waals surface area contributed by atoms with Crippen LogP contribution >= 0.6 is 0 Å². The van der Waals surface area contributed by atoms with Crippen LogP contribution in [0.5, 0.6) is 0 Å². The van der Waals surface area contributed by atoms with Gasteiger partial charge in [0.15, 0.2) is 0 Å². The minimum absolute atomic E-state index is 0.0624. The van der Waals surface area contributed by atoms with Gasteiger partial charge in [0.1, 0.15) is 0 Å². The Labute approximate surface area is 276 Å². The van der Waals surface area contributed by atoms with Crippen LogP contribution in [0.3, 0.4) is 0 Å². The molecule has 9 heteroatoms. The van der Waals surface area contributed by atoms with E-state index >= 15 is 0 Å². The van der Waals surface area contributed by atoms with Crippen LogP contribution < -0.4 is 21.7 Å². The third-order valence-electron chi connectivity index (χ3n) is 13.4. The fourth-order valence-electron chi connectivity index (χ4n) is 10.7. The summed E-state index contributed by atoms with van der Waals surface area (Å²) in [5.74, 6) is 4.29. The van der Waals surface area contributed by atoms with Gasteiger partial charge in [0.25, 0.3) is 0 Å². The van der Waals surface area contributed by atoms with Gasteiger partial charge in [0, 0.05) is 6.04 Å². The van der Waals surface area contributed by atoms with Crippen molar-refractivity contribution in [3.63, 3.8) is 0 Å². The maximum absolute atomic E-state index is 11.3. The van der Waals surface area contributed by atoms with E-state index in [0.29, 0.717) is 23.3 Å². The average molecular weight is 655 g/mol. The number of hydrogen-bond acceptors (Lipinski definition) is 7. The molecule has 4 aliphatic rings. The molecule has 4 saturated carbocycles. The van der Waals surface area contributed by atoms with Gasteiger partial charge >= 0.3 is 10.4 Å². The van der Waals surface area contributed by atoms with Crippen molar-refractivity contribution in [2.75, 3.05) is 39.3 Å². The third kappa shape index (κ3) is 10.1. The molecular formula is C36H70N4O4S. The Morgan fingerprint density at radius 2 is 1.49 bits per heavy atom. The molecule has 0 bridgehead atoms. The Balaban J connectivity index is 1.16. The zero-order valence-corrected chi connectivity index (χ0v) is 30.1. The molecule has 4 fully saturated rings. The first-order chi connectivity index (χ1) is 21.5. The summed E-state index contributed by atoms with van der Waals surface area (Å²) in [6.07, 6.45) is 19.5. The first kappa shape index (κ1) is 37.5. The summed E-state index contributed by atoms with van der Waals surface area (Å²) >= 11 is 0. The zero-order valence-electron chi connectivity index (χ0n) is 29.3. The van der Waals surface area contributed by atoms with Crippen molar-refractivity contribution in [1.29, 1.82) is 0 Å². The normalized spacial score (nSPS) is 35.6. The van der Waals surface area contributed by atoms with Gasteiger partial charge < -0.3 is 21.7 Å². The van der Waals surface area contributed by atoms with E-state index in [2.05, 4.69) is 29.8 Å². The second kappa shape index (κ2) is 17.4. The molecule has 0 aliphatic heterocycles. The molecule has 0 amide bonds. The zero-order chi connectivity index (χ0) is 32.5. The molecule has 6 N–H and O–H groups in total. The molecule has 9 atom stereocenters. The van der Waals surface area contributed by atoms with Crippen LogP contribution in [-0.4, -0.2) is 64.4 Å². The minimum atomic E-state index is -4.41. The SMILES string of the molecule is CC(C)C(CCC[C@H]1CCC2C3CCC4CC(NCCCNCCCCNCCCN)CCC4(C)C3CCC21C)OS(=O)(=O)O. The van der Waals surface area contributed by atoms with Crippen molar-refractivity contribution in [1.82, 2.24) is 16.0 Å². The Morgan fingerprint density at radius 3 is 2.18 bits per heavy atom. The third-order valence-corrected chi connectivity index (χ3v) is 13.9. The Bertz CT molecular complexity index is 982. The van der Waals surface area contributed by atoms with Gasteiger partial charge in [0.05, 0.1) is 6.10 Å². The van der Waals surface area contributed by atoms with E-state index in [-0.39, 0.29) is 5.92 Å². The molecule has 0 saturated heterocycles. The number of nitrogens with two attached hydrogens (primary N) is 1. The molecule has 45 heavy (non-hydrogen) atoms. The topological polar surface area (TPSA) is 126 Å². The molecule has 0 aromatic rings. The summed E-state index contributed by atoms with van der Waals surface area (Å²) in [6.45, 7) is 15.5. The highest BCUT2D eigenvalue weighted by Gasteiger charge is 2.59. The van der Waals surface area contributed by atoms with E-state index in [1.807, 2.05) is 13.8 Å². The molecule has 8 nitrogen and oxygen atoms in total. The fraction of sp³-hybridized carbons (Fsp3) is 1.00. The molecule has 0 spiro atoms. The second-order valence-corrected chi connectivity index (χ2v) is 17.4. The highest BCUT2D eigenvalue weighted by atomic mass is 32.3. The predicted octanol–water partition coefficient (Wildman–Crippen LogP) is 6.32. The number of nitrogens with one attached hydrogen (secondary N) is 3. The summed E-state index contributed by atoms with van der Waals surface area (Å²) in [5.41, 5.74) is 6.48. The van der Waals surface area contributed by atoms with E-state index in [0.717, 1.165) is 88.1 Å². The fourth-order valence-corrected chi connectivity index (χ4v) is 11.4. The van der Waals surface area contributed by atoms with Crippen LogP contribution in [0.4, 0.5) is 0 Å². The van der Waals surface area contributed by atoms with Gasteiger partial charge in [0.2, 0.25) is 0 Å². The van der Waals surface area contributed by atoms with Crippen LogP contribution in [0, 0.1) is 46.3 Å². The lowest BCUT2D eigenvalue weighted by molar-refractivity contribution is -0.115. The molecule has 4 rings (SSSR count). The van der Waals surface area contributed by atoms with Gasteiger partial charge in [-0.1, -0.05) is 34.1 Å². The summed E-state index contributed by atoms with van der Waals surface area (Å²) in [5, 5.41) is 11.1. The quantitative estimate of drug-likeness (QED) is 0.0764. The summed E-state index contributed by atoms with van der Waals surface area (Å²) in [4.78, 5) is 0. The van der Waals surface area contributed by atoms with E-state index in [9.17, 15) is 13.0 Å². The maximum Gasteiger partial charge on any atom is 0.397 e. The number of unbranched alkanes of at least 4 members (excludes halogenated alkanes) is 1. The van der Waals surface area contributed by atoms with Crippen LogP contribution in [-0.2, 0) is 14.6 Å². The molecule has 0 aromatic carbocycles. The highest BCUT2D eigenvalue weighted by Crippen LogP contribution is 2.68. The van der Waals surface area contributed by atoms with Crippen LogP contribution in [0.25, 0.3) is 0 Å². The molecule has 0 aromatic heterocycles. The maximum atomic E-state index is 11.3. The number of hydrogen-bond donors (Lipinski definition) is 5. The minimum Gasteiger partial charge on any atom is -0.330 e. The summed E-state index contributed by atoms with van der Waals surface area (Å²) in [6, 6.07) is 0.698. The lowest BCUT2D eigenvalue weighted by atomic mass is 9.44. The van der Waals surface area contributed by atoms with Gasteiger partial charge in [-0.05, 0) is 182 Å². The van der Waals surface area contributed by atoms with E-state index in [1.165, 1.54) is 77.0 Å². The van der Waals surface area contributed by atoms with E-state index < -0.39 is 16.5 Å². The molecule has 264 valence electrons. The predicted molar refractivity (Wildman–Crippen MR) is 185 cm³/mol. The lowest BCUT2D eigenvalue weighted by Crippen LogP contribution is -2.55. The second-order valence-electron chi connectivity index (χ2n) is 16.3. The van der Waals surface area contributed by atoms with Crippen LogP contribution in [0.15, 0.2) is 0 Å². The van der Waals surface area contributed by atoms with Gasteiger partial charge in [-0.25, -0.2) is 4.18 Å². The molecule has 0 radical (unpaired) electrons. The Kier molecular flexibility index (Phi) is 14.5. The average Bonchev–Trinajstić information content (AvgIpc) is 3.32. The van der Waals surface area contributed by atoms with E-state index in [4.69, 9.17) is 9.92 Å². The molecular weight excluding hydrogens is 584 g/mol. The van der Waals surface area contributed by atoms with Crippen molar-refractivity contribution < 1.29 is 17.2 Å². The summed E-state index contributed by atoms with van der Waals surface area (Å²) < 4.78 is 36.9. The van der Waals surface area contributed by atoms with Crippen molar-refractivity contribution in [3.05, 3.63) is 0 Å². The van der Waals surface area contributed by atoms with Crippen molar-refractivity contribution >= 4 is 10.4 Å². The van der Waals surface area contributed by atoms with Gasteiger partial charge in [-0.2, -0.15) is 8.42 Å². The molecule has 8 unspecified atom stereocenters. The Hall–Kier alpha value is -0.290. The standard InChI is InChI=1S/C36H70N4O4S/c1-27(2)34(44-45(41,42)43)11-7-10-28-13-15-32-31-14-12-29-26-30(16-18-36(29,4)33(31)17-19-35(28,32)3)40-25-9-24-39-22-6-5-21-38-23-8-20-37/h27-34,38-40H,5-26,37H2,1-4H3,(H,41,42,43)/t28-,29?,30?,31?,32?,33?,34?,35?,36?/m0/s1. The van der Waals surface area contributed by atoms with Crippen LogP contribution in [0.1, 0.15) is 130 Å². The molecule has 0 heterocycles. The smallest absolute Gasteiger partial charge is 0.330 e. The molecule has 4 aliphatic carbocycles. The van der Waals surface area contributed by atoms with Crippen molar-refractivity contribution in [2.24, 2.45) is 52.1 Å². The van der Waals surface area contributed by atoms with Gasteiger partial charge in [-0.3, -0.25) is 4.55 Å². The highest BCUT2D eigenvalue weighted by molar-refractivity contribution is 7.80. The monoisotopic (exact) mass is 655 g/mol. The summed E-state index contributed by atoms with van der Waals surface area (Å²) in [7, 11) is -4.41. The van der Waals surface area contributed by atoms with Crippen molar-refractivity contribution in [2.45, 2.75) is 143 Å². The van der Waals surface area contributed by atoms with E-state index in [1.54, 1.807) is 0 Å². The number of rotatable bonds is 20.